The zero-order valence-corrected chi connectivity index (χ0v) is 13.1. The van der Waals surface area contributed by atoms with E-state index in [9.17, 15) is 14.9 Å². The van der Waals surface area contributed by atoms with E-state index in [2.05, 4.69) is 37.2 Å². The lowest BCUT2D eigenvalue weighted by Gasteiger charge is -2.07. The van der Waals surface area contributed by atoms with E-state index in [0.29, 0.717) is 10.2 Å². The number of non-ortho nitro benzene ring substituents is 1. The third-order valence-electron chi connectivity index (χ3n) is 2.49. The van der Waals surface area contributed by atoms with Crippen molar-refractivity contribution >= 4 is 49.1 Å². The molecule has 20 heavy (non-hydrogen) atoms. The summed E-state index contributed by atoms with van der Waals surface area (Å²) in [4.78, 5) is 22.3. The molecule has 1 N–H and O–H groups in total. The molecule has 2 aromatic carbocycles. The van der Waals surface area contributed by atoms with Crippen LogP contribution in [0.2, 0.25) is 0 Å². The first-order chi connectivity index (χ1) is 9.47. The predicted molar refractivity (Wildman–Crippen MR) is 82.9 cm³/mol. The molecule has 0 radical (unpaired) electrons. The highest BCUT2D eigenvalue weighted by molar-refractivity contribution is 9.10. The van der Waals surface area contributed by atoms with E-state index < -0.39 is 10.8 Å². The average molecular weight is 400 g/mol. The molecule has 5 nitrogen and oxygen atoms in total. The van der Waals surface area contributed by atoms with Crippen LogP contribution in [0.5, 0.6) is 0 Å². The van der Waals surface area contributed by atoms with E-state index in [-0.39, 0.29) is 11.3 Å². The lowest BCUT2D eigenvalue weighted by molar-refractivity contribution is -0.384. The Kier molecular flexibility index (Phi) is 4.51. The Hall–Kier alpha value is -1.73. The van der Waals surface area contributed by atoms with Gasteiger partial charge < -0.3 is 5.32 Å². The highest BCUT2D eigenvalue weighted by Gasteiger charge is 2.15. The van der Waals surface area contributed by atoms with Crippen LogP contribution in [0.25, 0.3) is 0 Å². The van der Waals surface area contributed by atoms with Crippen molar-refractivity contribution in [3.8, 4) is 0 Å². The number of carbonyl (C=O) groups is 1. The van der Waals surface area contributed by atoms with Gasteiger partial charge in [-0.3, -0.25) is 14.9 Å². The highest BCUT2D eigenvalue weighted by atomic mass is 79.9. The summed E-state index contributed by atoms with van der Waals surface area (Å²) >= 11 is 6.52. The molecule has 2 aromatic rings. The molecule has 0 saturated heterocycles. The third-order valence-corrected chi connectivity index (χ3v) is 3.67. The summed E-state index contributed by atoms with van der Waals surface area (Å²) in [5.41, 5.74) is 0.676. The molecule has 0 unspecified atom stereocenters. The van der Waals surface area contributed by atoms with Gasteiger partial charge in [0.05, 0.1) is 10.5 Å². The first-order valence-electron chi connectivity index (χ1n) is 5.48. The van der Waals surface area contributed by atoms with Gasteiger partial charge in [0, 0.05) is 26.8 Å². The Morgan fingerprint density at radius 2 is 1.90 bits per heavy atom. The predicted octanol–water partition coefficient (Wildman–Crippen LogP) is 4.37. The molecule has 0 bridgehead atoms. The second kappa shape index (κ2) is 6.15. The van der Waals surface area contributed by atoms with Crippen molar-refractivity contribution in [3.05, 3.63) is 67.1 Å². The maximum Gasteiger partial charge on any atom is 0.270 e. The van der Waals surface area contributed by atoms with Crippen LogP contribution in [0.4, 0.5) is 11.4 Å². The molecular formula is C13H8Br2N2O3. The van der Waals surface area contributed by atoms with E-state index in [1.54, 1.807) is 18.2 Å². The van der Waals surface area contributed by atoms with E-state index >= 15 is 0 Å². The maximum atomic E-state index is 12.1. The number of nitrogens with one attached hydrogen (secondary N) is 1. The summed E-state index contributed by atoms with van der Waals surface area (Å²) < 4.78 is 1.32. The second-order valence-electron chi connectivity index (χ2n) is 3.89. The summed E-state index contributed by atoms with van der Waals surface area (Å²) in [6, 6.07) is 11.1. The van der Waals surface area contributed by atoms with Gasteiger partial charge in [-0.2, -0.15) is 0 Å². The minimum atomic E-state index is -0.539. The largest absolute Gasteiger partial charge is 0.322 e. The summed E-state index contributed by atoms with van der Waals surface area (Å²) in [6.45, 7) is 0. The molecule has 0 spiro atoms. The molecule has 0 aliphatic heterocycles. The fraction of sp³-hybridized carbons (Fsp3) is 0. The standard InChI is InChI=1S/C13H8Br2N2O3/c14-8-2-1-3-9(6-8)16-13(18)11-7-10(17(19)20)4-5-12(11)15/h1-7H,(H,16,18). The van der Waals surface area contributed by atoms with Gasteiger partial charge in [-0.25, -0.2) is 0 Å². The number of nitrogens with zero attached hydrogens (tertiary/aromatic N) is 1. The van der Waals surface area contributed by atoms with Gasteiger partial charge in [0.25, 0.3) is 11.6 Å². The van der Waals surface area contributed by atoms with Crippen LogP contribution in [-0.2, 0) is 0 Å². The van der Waals surface area contributed by atoms with Crippen molar-refractivity contribution in [2.24, 2.45) is 0 Å². The number of anilines is 1. The number of halogens is 2. The van der Waals surface area contributed by atoms with Crippen LogP contribution < -0.4 is 5.32 Å². The summed E-state index contributed by atoms with van der Waals surface area (Å²) in [6.07, 6.45) is 0. The Morgan fingerprint density at radius 3 is 2.55 bits per heavy atom. The summed E-state index contributed by atoms with van der Waals surface area (Å²) in [7, 11) is 0. The SMILES string of the molecule is O=C(Nc1cccc(Br)c1)c1cc([N+](=O)[O-])ccc1Br. The minimum Gasteiger partial charge on any atom is -0.322 e. The lowest BCUT2D eigenvalue weighted by Crippen LogP contribution is -2.12. The van der Waals surface area contributed by atoms with Gasteiger partial charge in [0.1, 0.15) is 0 Å². The van der Waals surface area contributed by atoms with Gasteiger partial charge in [-0.1, -0.05) is 22.0 Å². The minimum absolute atomic E-state index is 0.132. The molecular weight excluding hydrogens is 392 g/mol. The van der Waals surface area contributed by atoms with Crippen molar-refractivity contribution in [2.75, 3.05) is 5.32 Å². The Morgan fingerprint density at radius 1 is 1.15 bits per heavy atom. The van der Waals surface area contributed by atoms with E-state index in [1.807, 2.05) is 6.07 Å². The Balaban J connectivity index is 2.29. The van der Waals surface area contributed by atoms with Crippen LogP contribution in [0.15, 0.2) is 51.4 Å². The van der Waals surface area contributed by atoms with Crippen molar-refractivity contribution in [1.29, 1.82) is 0 Å². The molecule has 0 fully saturated rings. The quantitative estimate of drug-likeness (QED) is 0.615. The lowest BCUT2D eigenvalue weighted by atomic mass is 10.2. The fourth-order valence-corrected chi connectivity index (χ4v) is 2.39. The smallest absolute Gasteiger partial charge is 0.270 e. The highest BCUT2D eigenvalue weighted by Crippen LogP contribution is 2.24. The molecule has 0 saturated carbocycles. The number of hydrogen-bond donors (Lipinski definition) is 1. The fourth-order valence-electron chi connectivity index (χ4n) is 1.57. The van der Waals surface area contributed by atoms with Crippen molar-refractivity contribution in [2.45, 2.75) is 0 Å². The Labute approximate surface area is 131 Å². The van der Waals surface area contributed by atoms with Crippen molar-refractivity contribution in [1.82, 2.24) is 0 Å². The summed E-state index contributed by atoms with van der Waals surface area (Å²) in [5, 5.41) is 13.4. The van der Waals surface area contributed by atoms with Gasteiger partial charge in [-0.05, 0) is 40.2 Å². The molecule has 7 heteroatoms. The number of amides is 1. The first-order valence-corrected chi connectivity index (χ1v) is 7.07. The molecule has 0 aliphatic carbocycles. The molecule has 0 heterocycles. The maximum absolute atomic E-state index is 12.1. The molecule has 1 amide bonds. The molecule has 0 atom stereocenters. The first kappa shape index (κ1) is 14.7. The van der Waals surface area contributed by atoms with Gasteiger partial charge >= 0.3 is 0 Å². The van der Waals surface area contributed by atoms with E-state index in [0.717, 1.165) is 4.47 Å². The van der Waals surface area contributed by atoms with Crippen LogP contribution in [0, 0.1) is 10.1 Å². The molecule has 102 valence electrons. The van der Waals surface area contributed by atoms with Crippen molar-refractivity contribution in [3.63, 3.8) is 0 Å². The number of hydrogen-bond acceptors (Lipinski definition) is 3. The third kappa shape index (κ3) is 3.43. The van der Waals surface area contributed by atoms with Crippen LogP contribution in [-0.4, -0.2) is 10.8 Å². The number of nitro benzene ring substituents is 1. The van der Waals surface area contributed by atoms with Gasteiger partial charge in [0.2, 0.25) is 0 Å². The monoisotopic (exact) mass is 398 g/mol. The number of carbonyl (C=O) groups excluding carboxylic acids is 1. The second-order valence-corrected chi connectivity index (χ2v) is 5.66. The van der Waals surface area contributed by atoms with E-state index in [4.69, 9.17) is 0 Å². The molecule has 0 aromatic heterocycles. The topological polar surface area (TPSA) is 72.2 Å². The number of nitro groups is 1. The number of rotatable bonds is 3. The zero-order valence-electron chi connectivity index (χ0n) is 9.97. The molecule has 0 aliphatic rings. The van der Waals surface area contributed by atoms with Crippen molar-refractivity contribution < 1.29 is 9.72 Å². The van der Waals surface area contributed by atoms with Crippen LogP contribution >= 0.6 is 31.9 Å². The number of benzene rings is 2. The van der Waals surface area contributed by atoms with E-state index in [1.165, 1.54) is 18.2 Å². The van der Waals surface area contributed by atoms with Crippen LogP contribution in [0.3, 0.4) is 0 Å². The van der Waals surface area contributed by atoms with Gasteiger partial charge in [0.15, 0.2) is 0 Å². The van der Waals surface area contributed by atoms with Crippen LogP contribution in [0.1, 0.15) is 10.4 Å². The Bertz CT molecular complexity index is 689. The zero-order chi connectivity index (χ0) is 14.7. The average Bonchev–Trinajstić information content (AvgIpc) is 2.38. The molecule has 2 rings (SSSR count). The van der Waals surface area contributed by atoms with Gasteiger partial charge in [-0.15, -0.1) is 0 Å². The normalized spacial score (nSPS) is 10.1. The summed E-state index contributed by atoms with van der Waals surface area (Å²) in [5.74, 6) is -0.418.